The van der Waals surface area contributed by atoms with Gasteiger partial charge in [0.2, 0.25) is 0 Å². The van der Waals surface area contributed by atoms with E-state index >= 15 is 0 Å². The van der Waals surface area contributed by atoms with Crippen molar-refractivity contribution < 1.29 is 14.7 Å². The molecule has 0 aromatic carbocycles. The second-order valence-corrected chi connectivity index (χ2v) is 5.16. The highest BCUT2D eigenvalue weighted by Gasteiger charge is 2.37. The molecule has 76 valence electrons. The van der Waals surface area contributed by atoms with Gasteiger partial charge in [-0.3, -0.25) is 4.79 Å². The van der Waals surface area contributed by atoms with Crippen molar-refractivity contribution in [1.82, 2.24) is 5.32 Å². The minimum atomic E-state index is -2.15. The molecule has 0 saturated heterocycles. The number of aliphatic carboxylic acids is 1. The number of alkyl halides is 3. The first-order valence-electron chi connectivity index (χ1n) is 3.20. The van der Waals surface area contributed by atoms with Crippen molar-refractivity contribution in [3.05, 3.63) is 0 Å². The molecule has 0 aliphatic carbocycles. The number of carboxylic acids is 1. The van der Waals surface area contributed by atoms with Crippen molar-refractivity contribution in [2.75, 3.05) is 0 Å². The molecule has 1 amide bonds. The van der Waals surface area contributed by atoms with Crippen LogP contribution in [0, 0.1) is 0 Å². The molecule has 0 saturated carbocycles. The van der Waals surface area contributed by atoms with E-state index in [1.165, 1.54) is 13.8 Å². The van der Waals surface area contributed by atoms with Gasteiger partial charge < -0.3 is 10.4 Å². The van der Waals surface area contributed by atoms with Gasteiger partial charge in [0.05, 0.1) is 0 Å². The first kappa shape index (κ1) is 12.8. The number of hydrogen-bond donors (Lipinski definition) is 2. The Hall–Kier alpha value is -0.190. The summed E-state index contributed by atoms with van der Waals surface area (Å²) >= 11 is 15.7. The highest BCUT2D eigenvalue weighted by Crippen LogP contribution is 2.26. The van der Waals surface area contributed by atoms with Gasteiger partial charge in [0, 0.05) is 0 Å². The molecule has 0 unspecified atom stereocenters. The monoisotopic (exact) mass is 247 g/mol. The zero-order valence-corrected chi connectivity index (χ0v) is 9.17. The summed E-state index contributed by atoms with van der Waals surface area (Å²) in [5, 5.41) is 10.7. The molecule has 0 fully saturated rings. The SMILES string of the molecule is CC(C)(NC(=O)C(Cl)(Cl)Cl)C(=O)O. The van der Waals surface area contributed by atoms with E-state index in [1.54, 1.807) is 0 Å². The predicted octanol–water partition coefficient (Wildman–Crippen LogP) is 1.34. The Kier molecular flexibility index (Phi) is 3.84. The van der Waals surface area contributed by atoms with E-state index in [1.807, 2.05) is 0 Å². The van der Waals surface area contributed by atoms with Crippen molar-refractivity contribution in [3.8, 4) is 0 Å². The summed E-state index contributed by atoms with van der Waals surface area (Å²) in [6.07, 6.45) is 0. The zero-order chi connectivity index (χ0) is 10.9. The van der Waals surface area contributed by atoms with E-state index < -0.39 is 21.2 Å². The maximum Gasteiger partial charge on any atom is 0.328 e. The van der Waals surface area contributed by atoms with Gasteiger partial charge in [-0.15, -0.1) is 0 Å². The van der Waals surface area contributed by atoms with Crippen molar-refractivity contribution in [3.63, 3.8) is 0 Å². The van der Waals surface area contributed by atoms with Crippen LogP contribution in [0.2, 0.25) is 0 Å². The van der Waals surface area contributed by atoms with Gasteiger partial charge in [-0.1, -0.05) is 34.8 Å². The van der Waals surface area contributed by atoms with E-state index in [2.05, 4.69) is 5.32 Å². The highest BCUT2D eigenvalue weighted by molar-refractivity contribution is 6.76. The smallest absolute Gasteiger partial charge is 0.328 e. The van der Waals surface area contributed by atoms with Gasteiger partial charge in [0.1, 0.15) is 5.54 Å². The summed E-state index contributed by atoms with van der Waals surface area (Å²) in [6.45, 7) is 2.56. The molecule has 13 heavy (non-hydrogen) atoms. The fourth-order valence-corrected chi connectivity index (χ4v) is 0.550. The quantitative estimate of drug-likeness (QED) is 0.725. The van der Waals surface area contributed by atoms with Crippen LogP contribution in [0.5, 0.6) is 0 Å². The minimum absolute atomic E-state index is 0.968. The van der Waals surface area contributed by atoms with Crippen LogP contribution in [-0.4, -0.2) is 26.3 Å². The topological polar surface area (TPSA) is 66.4 Å². The molecule has 0 spiro atoms. The van der Waals surface area contributed by atoms with E-state index in [0.29, 0.717) is 0 Å². The van der Waals surface area contributed by atoms with Gasteiger partial charge in [-0.25, -0.2) is 4.79 Å². The molecular formula is C6H8Cl3NO3. The van der Waals surface area contributed by atoms with Crippen LogP contribution in [0.1, 0.15) is 13.8 Å². The van der Waals surface area contributed by atoms with E-state index in [9.17, 15) is 9.59 Å². The first-order valence-corrected chi connectivity index (χ1v) is 4.33. The molecule has 0 heterocycles. The lowest BCUT2D eigenvalue weighted by Gasteiger charge is -2.23. The molecule has 7 heteroatoms. The van der Waals surface area contributed by atoms with Crippen LogP contribution >= 0.6 is 34.8 Å². The molecule has 4 nitrogen and oxygen atoms in total. The molecule has 0 rings (SSSR count). The van der Waals surface area contributed by atoms with Crippen molar-refractivity contribution in [2.24, 2.45) is 0 Å². The fraction of sp³-hybridized carbons (Fsp3) is 0.667. The number of carboxylic acid groups (broad SMARTS) is 1. The Balaban J connectivity index is 4.47. The predicted molar refractivity (Wildman–Crippen MR) is 50.1 cm³/mol. The minimum Gasteiger partial charge on any atom is -0.480 e. The van der Waals surface area contributed by atoms with Gasteiger partial charge in [0.15, 0.2) is 0 Å². The lowest BCUT2D eigenvalue weighted by Crippen LogP contribution is -2.53. The number of hydrogen-bond acceptors (Lipinski definition) is 2. The zero-order valence-electron chi connectivity index (χ0n) is 6.90. The summed E-state index contributed by atoms with van der Waals surface area (Å²) in [6, 6.07) is 0. The first-order chi connectivity index (χ1) is 5.57. The number of carbonyl (C=O) groups is 2. The maximum atomic E-state index is 11.0. The number of halogens is 3. The normalized spacial score (nSPS) is 12.4. The third-order valence-corrected chi connectivity index (χ3v) is 1.73. The third kappa shape index (κ3) is 4.02. The summed E-state index contributed by atoms with van der Waals surface area (Å²) in [5.74, 6) is -2.18. The summed E-state index contributed by atoms with van der Waals surface area (Å²) in [5.41, 5.74) is -1.46. The van der Waals surface area contributed by atoms with Crippen molar-refractivity contribution >= 4 is 46.7 Å². The van der Waals surface area contributed by atoms with Crippen LogP contribution in [0.4, 0.5) is 0 Å². The fourth-order valence-electron chi connectivity index (χ4n) is 0.408. The summed E-state index contributed by atoms with van der Waals surface area (Å²) in [4.78, 5) is 21.6. The van der Waals surface area contributed by atoms with Crippen LogP contribution in [-0.2, 0) is 9.59 Å². The third-order valence-electron chi connectivity index (χ3n) is 1.22. The van der Waals surface area contributed by atoms with Gasteiger partial charge in [0.25, 0.3) is 9.70 Å². The highest BCUT2D eigenvalue weighted by atomic mass is 35.6. The Bertz CT molecular complexity index is 234. The van der Waals surface area contributed by atoms with Crippen LogP contribution in [0.25, 0.3) is 0 Å². The second kappa shape index (κ2) is 3.90. The Morgan fingerprint density at radius 2 is 1.62 bits per heavy atom. The van der Waals surface area contributed by atoms with Crippen LogP contribution in [0.15, 0.2) is 0 Å². The Morgan fingerprint density at radius 1 is 1.23 bits per heavy atom. The van der Waals surface area contributed by atoms with Crippen LogP contribution in [0.3, 0.4) is 0 Å². The number of nitrogens with one attached hydrogen (secondary N) is 1. The van der Waals surface area contributed by atoms with E-state index in [0.717, 1.165) is 0 Å². The van der Waals surface area contributed by atoms with Crippen molar-refractivity contribution in [2.45, 2.75) is 23.2 Å². The Labute approximate surface area is 90.1 Å². The molecular weight excluding hydrogens is 240 g/mol. The average molecular weight is 248 g/mol. The largest absolute Gasteiger partial charge is 0.480 e. The number of carbonyl (C=O) groups excluding carboxylic acids is 1. The number of rotatable bonds is 2. The van der Waals surface area contributed by atoms with Gasteiger partial charge >= 0.3 is 5.97 Å². The summed E-state index contributed by atoms with van der Waals surface area (Å²) in [7, 11) is 0. The van der Waals surface area contributed by atoms with Gasteiger partial charge in [-0.05, 0) is 13.8 Å². The molecule has 0 bridgehead atoms. The van der Waals surface area contributed by atoms with E-state index in [4.69, 9.17) is 39.9 Å². The molecule has 0 atom stereocenters. The molecule has 0 aliphatic heterocycles. The molecule has 0 aromatic rings. The molecule has 0 aliphatic rings. The van der Waals surface area contributed by atoms with E-state index in [-0.39, 0.29) is 0 Å². The average Bonchev–Trinajstić information content (AvgIpc) is 1.83. The Morgan fingerprint density at radius 3 is 1.85 bits per heavy atom. The maximum absolute atomic E-state index is 11.0. The summed E-state index contributed by atoms with van der Waals surface area (Å²) < 4.78 is -2.15. The van der Waals surface area contributed by atoms with Gasteiger partial charge in [-0.2, -0.15) is 0 Å². The molecule has 0 aromatic heterocycles. The van der Waals surface area contributed by atoms with Crippen LogP contribution < -0.4 is 5.32 Å². The van der Waals surface area contributed by atoms with Crippen molar-refractivity contribution in [1.29, 1.82) is 0 Å². The molecule has 2 N–H and O–H groups in total. The second-order valence-electron chi connectivity index (χ2n) is 2.88. The molecule has 0 radical (unpaired) electrons. The lowest BCUT2D eigenvalue weighted by atomic mass is 10.1. The lowest BCUT2D eigenvalue weighted by molar-refractivity contribution is -0.145. The standard InChI is InChI=1S/C6H8Cl3NO3/c1-5(2,4(12)13)10-3(11)6(7,8)9/h1-2H3,(H,10,11)(H,12,13). The number of amides is 1.